The van der Waals surface area contributed by atoms with Crippen LogP contribution in [-0.2, 0) is 4.79 Å². The number of thioether (sulfide) groups is 1. The van der Waals surface area contributed by atoms with Crippen LogP contribution in [0.25, 0.3) is 0 Å². The van der Waals surface area contributed by atoms with Gasteiger partial charge in [-0.15, -0.1) is 11.8 Å². The van der Waals surface area contributed by atoms with E-state index in [2.05, 4.69) is 6.92 Å². The van der Waals surface area contributed by atoms with Crippen LogP contribution in [-0.4, -0.2) is 35.7 Å². The van der Waals surface area contributed by atoms with E-state index in [1.807, 2.05) is 4.90 Å². The quantitative estimate of drug-likeness (QED) is 0.851. The van der Waals surface area contributed by atoms with Crippen molar-refractivity contribution in [3.63, 3.8) is 0 Å². The van der Waals surface area contributed by atoms with Crippen LogP contribution >= 0.6 is 11.8 Å². The summed E-state index contributed by atoms with van der Waals surface area (Å²) < 4.78 is 12.8. The van der Waals surface area contributed by atoms with Crippen LogP contribution in [0.4, 0.5) is 4.39 Å². The fourth-order valence-corrected chi connectivity index (χ4v) is 3.57. The van der Waals surface area contributed by atoms with Gasteiger partial charge in [0.05, 0.1) is 0 Å². The molecule has 1 aliphatic rings. The van der Waals surface area contributed by atoms with Gasteiger partial charge in [-0.3, -0.25) is 4.79 Å². The topological polar surface area (TPSA) is 46.3 Å². The molecule has 1 aromatic rings. The van der Waals surface area contributed by atoms with Gasteiger partial charge in [-0.05, 0) is 43.0 Å². The summed E-state index contributed by atoms with van der Waals surface area (Å²) in [5, 5.41) is 0. The van der Waals surface area contributed by atoms with E-state index >= 15 is 0 Å². The van der Waals surface area contributed by atoms with Crippen LogP contribution < -0.4 is 5.73 Å². The molecule has 0 aromatic heterocycles. The van der Waals surface area contributed by atoms with Crippen molar-refractivity contribution in [3.05, 3.63) is 30.1 Å². The van der Waals surface area contributed by atoms with Crippen molar-refractivity contribution < 1.29 is 9.18 Å². The zero-order valence-corrected chi connectivity index (χ0v) is 13.2. The minimum Gasteiger partial charge on any atom is -0.338 e. The normalized spacial score (nSPS) is 22.3. The Morgan fingerprint density at radius 2 is 2.14 bits per heavy atom. The average Bonchev–Trinajstić information content (AvgIpc) is 2.49. The van der Waals surface area contributed by atoms with E-state index in [9.17, 15) is 9.18 Å². The third kappa shape index (κ3) is 4.71. The first-order valence-corrected chi connectivity index (χ1v) is 8.46. The van der Waals surface area contributed by atoms with E-state index < -0.39 is 0 Å². The van der Waals surface area contributed by atoms with E-state index in [0.717, 1.165) is 24.3 Å². The van der Waals surface area contributed by atoms with Gasteiger partial charge in [-0.2, -0.15) is 0 Å². The number of benzene rings is 1. The third-order valence-electron chi connectivity index (χ3n) is 3.97. The molecule has 2 N–H and O–H groups in total. The summed E-state index contributed by atoms with van der Waals surface area (Å²) >= 11 is 1.59. The van der Waals surface area contributed by atoms with Gasteiger partial charge in [-0.25, -0.2) is 4.39 Å². The lowest BCUT2D eigenvalue weighted by atomic mass is 9.92. The lowest BCUT2D eigenvalue weighted by Gasteiger charge is -2.38. The minimum atomic E-state index is -0.233. The van der Waals surface area contributed by atoms with Gasteiger partial charge < -0.3 is 10.6 Å². The molecule has 2 unspecified atom stereocenters. The molecular weight excluding hydrogens is 287 g/mol. The Morgan fingerprint density at radius 1 is 1.43 bits per heavy atom. The van der Waals surface area contributed by atoms with Crippen LogP contribution in [0.5, 0.6) is 0 Å². The van der Waals surface area contributed by atoms with Crippen molar-refractivity contribution in [1.82, 2.24) is 4.90 Å². The van der Waals surface area contributed by atoms with Crippen molar-refractivity contribution in [1.29, 1.82) is 0 Å². The Bertz CT molecular complexity index is 466. The summed E-state index contributed by atoms with van der Waals surface area (Å²) in [5.74, 6) is 1.32. The van der Waals surface area contributed by atoms with Crippen molar-refractivity contribution in [2.45, 2.75) is 37.1 Å². The molecule has 0 saturated carbocycles. The molecule has 1 aliphatic heterocycles. The van der Waals surface area contributed by atoms with Crippen LogP contribution in [0.1, 0.15) is 26.2 Å². The number of amides is 1. The lowest BCUT2D eigenvalue weighted by molar-refractivity contribution is -0.134. The molecule has 1 amide bonds. The molecule has 2 rings (SSSR count). The van der Waals surface area contributed by atoms with Gasteiger partial charge in [0.25, 0.3) is 0 Å². The molecule has 0 bridgehead atoms. The van der Waals surface area contributed by atoms with Crippen molar-refractivity contribution in [3.8, 4) is 0 Å². The largest absolute Gasteiger partial charge is 0.338 e. The molecule has 0 radical (unpaired) electrons. The van der Waals surface area contributed by atoms with E-state index in [4.69, 9.17) is 5.73 Å². The molecular formula is C16H23FN2OS. The van der Waals surface area contributed by atoms with Gasteiger partial charge in [0.15, 0.2) is 0 Å². The molecule has 1 fully saturated rings. The number of likely N-dealkylation sites (tertiary alicyclic amines) is 1. The molecule has 1 aromatic carbocycles. The van der Waals surface area contributed by atoms with Crippen molar-refractivity contribution in [2.24, 2.45) is 11.7 Å². The van der Waals surface area contributed by atoms with Gasteiger partial charge in [0.2, 0.25) is 5.91 Å². The summed E-state index contributed by atoms with van der Waals surface area (Å²) in [6.07, 6.45) is 2.58. The molecule has 116 valence electrons. The number of nitrogens with zero attached hydrogens (tertiary/aromatic N) is 1. The highest BCUT2D eigenvalue weighted by Gasteiger charge is 2.28. The molecule has 0 spiro atoms. The van der Waals surface area contributed by atoms with Gasteiger partial charge in [0.1, 0.15) is 5.82 Å². The van der Waals surface area contributed by atoms with Gasteiger partial charge in [0, 0.05) is 36.2 Å². The summed E-state index contributed by atoms with van der Waals surface area (Å²) in [5.41, 5.74) is 5.79. The molecule has 0 aliphatic carbocycles. The third-order valence-corrected chi connectivity index (χ3v) is 4.98. The zero-order chi connectivity index (χ0) is 15.2. The van der Waals surface area contributed by atoms with Crippen LogP contribution in [0.2, 0.25) is 0 Å². The molecule has 3 nitrogen and oxygen atoms in total. The number of hydrogen-bond acceptors (Lipinski definition) is 3. The average molecular weight is 310 g/mol. The Balaban J connectivity index is 1.79. The Hall–Kier alpha value is -1.07. The maximum absolute atomic E-state index is 12.8. The monoisotopic (exact) mass is 310 g/mol. The smallest absolute Gasteiger partial charge is 0.223 e. The summed E-state index contributed by atoms with van der Waals surface area (Å²) in [4.78, 5) is 15.3. The predicted molar refractivity (Wildman–Crippen MR) is 84.7 cm³/mol. The molecule has 5 heteroatoms. The standard InChI is InChI=1S/C16H23FN2OS/c1-12-6-8-19(14(10-12)11-18)16(20)7-9-21-15-4-2-13(17)3-5-15/h2-5,12,14H,6-11,18H2,1H3. The fourth-order valence-electron chi connectivity index (χ4n) is 2.73. The summed E-state index contributed by atoms with van der Waals surface area (Å²) in [6.45, 7) is 3.58. The Labute approximate surface area is 130 Å². The molecule has 2 atom stereocenters. The number of carbonyl (C=O) groups is 1. The highest BCUT2D eigenvalue weighted by atomic mass is 32.2. The molecule has 1 saturated heterocycles. The lowest BCUT2D eigenvalue weighted by Crippen LogP contribution is -2.49. The molecule has 1 heterocycles. The highest BCUT2D eigenvalue weighted by molar-refractivity contribution is 7.99. The maximum atomic E-state index is 12.8. The van der Waals surface area contributed by atoms with E-state index in [0.29, 0.717) is 24.6 Å². The fraction of sp³-hybridized carbons (Fsp3) is 0.562. The van der Waals surface area contributed by atoms with Crippen molar-refractivity contribution >= 4 is 17.7 Å². The van der Waals surface area contributed by atoms with E-state index in [1.54, 1.807) is 23.9 Å². The number of rotatable bonds is 5. The Kier molecular flexibility index (Phi) is 6.06. The van der Waals surface area contributed by atoms with Crippen LogP contribution in [0, 0.1) is 11.7 Å². The first-order chi connectivity index (χ1) is 10.1. The Morgan fingerprint density at radius 3 is 2.81 bits per heavy atom. The summed E-state index contributed by atoms with van der Waals surface area (Å²) in [7, 11) is 0. The van der Waals surface area contributed by atoms with Crippen LogP contribution in [0.15, 0.2) is 29.2 Å². The number of piperidine rings is 1. The second kappa shape index (κ2) is 7.80. The van der Waals surface area contributed by atoms with E-state index in [-0.39, 0.29) is 17.8 Å². The molecule has 21 heavy (non-hydrogen) atoms. The van der Waals surface area contributed by atoms with E-state index in [1.165, 1.54) is 12.1 Å². The SMILES string of the molecule is CC1CCN(C(=O)CCSc2ccc(F)cc2)C(CN)C1. The number of halogens is 1. The van der Waals surface area contributed by atoms with Crippen molar-refractivity contribution in [2.75, 3.05) is 18.8 Å². The van der Waals surface area contributed by atoms with Crippen LogP contribution in [0.3, 0.4) is 0 Å². The second-order valence-corrected chi connectivity index (χ2v) is 6.83. The number of nitrogens with two attached hydrogens (primary N) is 1. The maximum Gasteiger partial charge on any atom is 0.223 e. The first-order valence-electron chi connectivity index (χ1n) is 7.48. The predicted octanol–water partition coefficient (Wildman–Crippen LogP) is 2.89. The van der Waals surface area contributed by atoms with Gasteiger partial charge >= 0.3 is 0 Å². The first kappa shape index (κ1) is 16.3. The summed E-state index contributed by atoms with van der Waals surface area (Å²) in [6, 6.07) is 6.57. The zero-order valence-electron chi connectivity index (χ0n) is 12.4. The second-order valence-electron chi connectivity index (χ2n) is 5.66. The minimum absolute atomic E-state index is 0.187. The number of carbonyl (C=O) groups excluding carboxylic acids is 1. The highest BCUT2D eigenvalue weighted by Crippen LogP contribution is 2.24. The van der Waals surface area contributed by atoms with Gasteiger partial charge in [-0.1, -0.05) is 6.92 Å². The number of hydrogen-bond donors (Lipinski definition) is 1.